The molecule has 0 aromatic carbocycles. The van der Waals surface area contributed by atoms with Crippen molar-refractivity contribution in [2.75, 3.05) is 20.1 Å². The molecule has 0 radical (unpaired) electrons. The summed E-state index contributed by atoms with van der Waals surface area (Å²) < 4.78 is 0. The molecule has 2 saturated carbocycles. The number of ketones is 1. The molecular weight excluding hydrogens is 222 g/mol. The Morgan fingerprint density at radius 2 is 1.78 bits per heavy atom. The number of fused-ring (bicyclic) bond motifs is 2. The number of hydrogen-bond donors (Lipinski definition) is 0. The maximum Gasteiger partial charge on any atom is 0.136 e. The van der Waals surface area contributed by atoms with Gasteiger partial charge < -0.3 is 4.90 Å². The van der Waals surface area contributed by atoms with Crippen molar-refractivity contribution in [2.24, 2.45) is 17.3 Å². The molecule has 1 spiro atoms. The largest absolute Gasteiger partial charge is 0.306 e. The van der Waals surface area contributed by atoms with Crippen LogP contribution in [0.15, 0.2) is 0 Å². The normalized spacial score (nSPS) is 34.9. The highest BCUT2D eigenvalue weighted by molar-refractivity contribution is 5.83. The quantitative estimate of drug-likeness (QED) is 0.656. The third-order valence-electron chi connectivity index (χ3n) is 5.56. The third kappa shape index (κ3) is 2.36. The third-order valence-corrected chi connectivity index (χ3v) is 5.56. The van der Waals surface area contributed by atoms with E-state index in [0.29, 0.717) is 17.1 Å². The van der Waals surface area contributed by atoms with E-state index in [9.17, 15) is 4.79 Å². The van der Waals surface area contributed by atoms with Crippen LogP contribution in [-0.2, 0) is 4.79 Å². The second-order valence-corrected chi connectivity index (χ2v) is 6.28. The summed E-state index contributed by atoms with van der Waals surface area (Å²) in [5, 5.41) is 0. The van der Waals surface area contributed by atoms with E-state index in [2.05, 4.69) is 11.9 Å². The van der Waals surface area contributed by atoms with Crippen LogP contribution in [-0.4, -0.2) is 30.8 Å². The van der Waals surface area contributed by atoms with Gasteiger partial charge in [0, 0.05) is 12.3 Å². The molecule has 2 nitrogen and oxygen atoms in total. The Bertz CT molecular complexity index is 291. The minimum Gasteiger partial charge on any atom is -0.306 e. The summed E-state index contributed by atoms with van der Waals surface area (Å²) in [5.74, 6) is 1.79. The highest BCUT2D eigenvalue weighted by Crippen LogP contribution is 2.55. The van der Waals surface area contributed by atoms with E-state index in [4.69, 9.17) is 0 Å². The molecule has 0 aromatic rings. The Balaban J connectivity index is 0.000000574. The second-order valence-electron chi connectivity index (χ2n) is 6.28. The molecule has 0 bridgehead atoms. The summed E-state index contributed by atoms with van der Waals surface area (Å²) in [4.78, 5) is 14.3. The number of Topliss-reactive ketones (excluding diaryl/α,β-unsaturated/α-hetero) is 1. The van der Waals surface area contributed by atoms with E-state index in [1.54, 1.807) is 0 Å². The average Bonchev–Trinajstić information content (AvgIpc) is 2.79. The van der Waals surface area contributed by atoms with E-state index in [1.807, 2.05) is 13.8 Å². The van der Waals surface area contributed by atoms with E-state index in [0.717, 1.165) is 12.3 Å². The van der Waals surface area contributed by atoms with Crippen molar-refractivity contribution in [3.8, 4) is 0 Å². The van der Waals surface area contributed by atoms with Gasteiger partial charge in [-0.25, -0.2) is 0 Å². The Hall–Kier alpha value is -0.370. The molecule has 1 heterocycles. The van der Waals surface area contributed by atoms with Gasteiger partial charge in [0.15, 0.2) is 0 Å². The van der Waals surface area contributed by atoms with Crippen LogP contribution in [0.1, 0.15) is 58.8 Å². The van der Waals surface area contributed by atoms with Gasteiger partial charge in [-0.1, -0.05) is 20.3 Å². The lowest BCUT2D eigenvalue weighted by molar-refractivity contribution is -0.124. The van der Waals surface area contributed by atoms with Crippen LogP contribution in [0.2, 0.25) is 0 Å². The molecule has 3 rings (SSSR count). The van der Waals surface area contributed by atoms with Gasteiger partial charge in [0.1, 0.15) is 5.78 Å². The summed E-state index contributed by atoms with van der Waals surface area (Å²) in [5.41, 5.74) is 0.557. The van der Waals surface area contributed by atoms with Gasteiger partial charge in [0.2, 0.25) is 0 Å². The SMILES string of the molecule is CC.CN1CCC2(CCCC3C(=O)CCC32)CC1. The molecule has 2 unspecified atom stereocenters. The van der Waals surface area contributed by atoms with Crippen LogP contribution in [0.5, 0.6) is 0 Å². The van der Waals surface area contributed by atoms with Crippen molar-refractivity contribution in [3.63, 3.8) is 0 Å². The van der Waals surface area contributed by atoms with Crippen molar-refractivity contribution >= 4 is 5.78 Å². The van der Waals surface area contributed by atoms with Crippen LogP contribution in [0.4, 0.5) is 0 Å². The van der Waals surface area contributed by atoms with Gasteiger partial charge in [0.25, 0.3) is 0 Å². The predicted octanol–water partition coefficient (Wildman–Crippen LogP) is 3.50. The van der Waals surface area contributed by atoms with Crippen molar-refractivity contribution in [1.82, 2.24) is 4.90 Å². The Morgan fingerprint density at radius 1 is 1.11 bits per heavy atom. The van der Waals surface area contributed by atoms with Crippen LogP contribution in [0.25, 0.3) is 0 Å². The molecule has 1 saturated heterocycles. The summed E-state index contributed by atoms with van der Waals surface area (Å²) >= 11 is 0. The molecule has 0 N–H and O–H groups in total. The fraction of sp³-hybridized carbons (Fsp3) is 0.938. The number of piperidine rings is 1. The highest BCUT2D eigenvalue weighted by atomic mass is 16.1. The summed E-state index contributed by atoms with van der Waals surface area (Å²) in [6, 6.07) is 0. The van der Waals surface area contributed by atoms with Crippen LogP contribution in [0, 0.1) is 17.3 Å². The van der Waals surface area contributed by atoms with Gasteiger partial charge in [0.05, 0.1) is 0 Å². The number of likely N-dealkylation sites (tertiary alicyclic amines) is 1. The Labute approximate surface area is 112 Å². The fourth-order valence-corrected chi connectivity index (χ4v) is 4.55. The van der Waals surface area contributed by atoms with Crippen LogP contribution in [0.3, 0.4) is 0 Å². The molecule has 0 amide bonds. The zero-order valence-electron chi connectivity index (χ0n) is 12.4. The van der Waals surface area contributed by atoms with Gasteiger partial charge in [-0.05, 0) is 63.6 Å². The molecule has 3 fully saturated rings. The van der Waals surface area contributed by atoms with Crippen molar-refractivity contribution in [1.29, 1.82) is 0 Å². The van der Waals surface area contributed by atoms with Crippen molar-refractivity contribution in [3.05, 3.63) is 0 Å². The number of rotatable bonds is 0. The molecule has 18 heavy (non-hydrogen) atoms. The maximum atomic E-state index is 11.9. The number of carbonyl (C=O) groups excluding carboxylic acids is 1. The van der Waals surface area contributed by atoms with Gasteiger partial charge >= 0.3 is 0 Å². The molecule has 3 aliphatic rings. The molecule has 2 aliphatic carbocycles. The zero-order valence-corrected chi connectivity index (χ0v) is 12.4. The van der Waals surface area contributed by atoms with E-state index in [-0.39, 0.29) is 0 Å². The van der Waals surface area contributed by atoms with Gasteiger partial charge in [-0.15, -0.1) is 0 Å². The molecule has 2 atom stereocenters. The maximum absolute atomic E-state index is 11.9. The lowest BCUT2D eigenvalue weighted by Crippen LogP contribution is -2.46. The summed E-state index contributed by atoms with van der Waals surface area (Å²) in [7, 11) is 2.23. The van der Waals surface area contributed by atoms with E-state index < -0.39 is 0 Å². The standard InChI is InChI=1S/C14H23NO.C2H6/c1-15-9-7-14(8-10-15)6-2-3-11-12(14)4-5-13(11)16;1-2/h11-12H,2-10H2,1H3;1-2H3. The highest BCUT2D eigenvalue weighted by Gasteiger charge is 2.50. The first-order chi connectivity index (χ1) is 8.71. The van der Waals surface area contributed by atoms with Crippen LogP contribution < -0.4 is 0 Å². The van der Waals surface area contributed by atoms with Crippen molar-refractivity contribution in [2.45, 2.75) is 58.8 Å². The predicted molar refractivity (Wildman–Crippen MR) is 75.6 cm³/mol. The number of hydrogen-bond acceptors (Lipinski definition) is 2. The Kier molecular flexibility index (Phi) is 4.47. The second kappa shape index (κ2) is 5.73. The molecular formula is C16H29NO. The van der Waals surface area contributed by atoms with Gasteiger partial charge in [-0.3, -0.25) is 4.79 Å². The number of nitrogens with zero attached hydrogens (tertiary/aromatic N) is 1. The smallest absolute Gasteiger partial charge is 0.136 e. The first-order valence-electron chi connectivity index (χ1n) is 7.93. The Morgan fingerprint density at radius 3 is 2.44 bits per heavy atom. The lowest BCUT2D eigenvalue weighted by Gasteiger charge is -2.49. The lowest BCUT2D eigenvalue weighted by atomic mass is 9.58. The average molecular weight is 251 g/mol. The van der Waals surface area contributed by atoms with Crippen LogP contribution >= 0.6 is 0 Å². The molecule has 1 aliphatic heterocycles. The number of carbonyl (C=O) groups is 1. The first-order valence-corrected chi connectivity index (χ1v) is 7.93. The summed E-state index contributed by atoms with van der Waals surface area (Å²) in [6.07, 6.45) is 8.67. The van der Waals surface area contributed by atoms with E-state index >= 15 is 0 Å². The monoisotopic (exact) mass is 251 g/mol. The molecule has 104 valence electrons. The topological polar surface area (TPSA) is 20.3 Å². The zero-order chi connectivity index (χ0) is 13.2. The first kappa shape index (κ1) is 14.0. The molecule has 2 heteroatoms. The van der Waals surface area contributed by atoms with Crippen molar-refractivity contribution < 1.29 is 4.79 Å². The summed E-state index contributed by atoms with van der Waals surface area (Å²) in [6.45, 7) is 6.49. The minimum absolute atomic E-state index is 0.456. The van der Waals surface area contributed by atoms with E-state index in [1.165, 1.54) is 51.6 Å². The fourth-order valence-electron chi connectivity index (χ4n) is 4.55. The minimum atomic E-state index is 0.456. The molecule has 0 aromatic heterocycles. The van der Waals surface area contributed by atoms with Gasteiger partial charge in [-0.2, -0.15) is 0 Å².